The third kappa shape index (κ3) is 2.35. The topological polar surface area (TPSA) is 74.7 Å². The summed E-state index contributed by atoms with van der Waals surface area (Å²) in [5.41, 5.74) is 0. The van der Waals surface area contributed by atoms with Gasteiger partial charge in [-0.2, -0.15) is 10.2 Å². The summed E-state index contributed by atoms with van der Waals surface area (Å²) in [4.78, 5) is 3.93. The lowest BCUT2D eigenvalue weighted by Crippen LogP contribution is -2.13. The summed E-state index contributed by atoms with van der Waals surface area (Å²) in [6.45, 7) is 2.50. The first kappa shape index (κ1) is 7.69. The van der Waals surface area contributed by atoms with Crippen LogP contribution in [0.1, 0.15) is 11.7 Å². The van der Waals surface area contributed by atoms with Crippen LogP contribution in [0.5, 0.6) is 0 Å². The van der Waals surface area contributed by atoms with Crippen LogP contribution in [0.25, 0.3) is 0 Å². The molecule has 0 radical (unpaired) electrons. The van der Waals surface area contributed by atoms with Gasteiger partial charge in [0.2, 0.25) is 5.89 Å². The van der Waals surface area contributed by atoms with Gasteiger partial charge in [-0.25, -0.2) is 0 Å². The molecular formula is C6H8N4O. The van der Waals surface area contributed by atoms with Crippen molar-refractivity contribution in [1.82, 2.24) is 15.5 Å². The zero-order valence-corrected chi connectivity index (χ0v) is 6.16. The second kappa shape index (κ2) is 3.68. The van der Waals surface area contributed by atoms with Crippen LogP contribution in [0.2, 0.25) is 0 Å². The Balaban J connectivity index is 2.34. The van der Waals surface area contributed by atoms with Gasteiger partial charge in [0.1, 0.15) is 0 Å². The number of rotatable bonds is 3. The quantitative estimate of drug-likeness (QED) is 0.487. The van der Waals surface area contributed by atoms with Crippen molar-refractivity contribution in [3.05, 3.63) is 11.7 Å². The summed E-state index contributed by atoms with van der Waals surface area (Å²) in [5, 5.41) is 14.6. The normalized spacial score (nSPS) is 9.45. The van der Waals surface area contributed by atoms with Crippen LogP contribution in [0.4, 0.5) is 0 Å². The van der Waals surface area contributed by atoms with E-state index < -0.39 is 0 Å². The van der Waals surface area contributed by atoms with Crippen LogP contribution in [0.3, 0.4) is 0 Å². The fourth-order valence-electron chi connectivity index (χ4n) is 0.643. The van der Waals surface area contributed by atoms with Crippen LogP contribution in [0, 0.1) is 18.3 Å². The van der Waals surface area contributed by atoms with Crippen molar-refractivity contribution in [2.75, 3.05) is 6.54 Å². The van der Waals surface area contributed by atoms with E-state index >= 15 is 0 Å². The van der Waals surface area contributed by atoms with Gasteiger partial charge in [0.25, 0.3) is 0 Å². The molecule has 5 nitrogen and oxygen atoms in total. The highest BCUT2D eigenvalue weighted by Gasteiger charge is 1.99. The molecule has 0 aliphatic rings. The molecule has 0 saturated heterocycles. The molecule has 0 unspecified atom stereocenters. The molecule has 0 aromatic carbocycles. The highest BCUT2D eigenvalue weighted by molar-refractivity contribution is 4.84. The molecule has 0 amide bonds. The van der Waals surface area contributed by atoms with Gasteiger partial charge in [0.15, 0.2) is 5.82 Å². The van der Waals surface area contributed by atoms with Crippen molar-refractivity contribution in [3.8, 4) is 6.07 Å². The molecular weight excluding hydrogens is 144 g/mol. The number of hydrogen-bond donors (Lipinski definition) is 1. The second-order valence-corrected chi connectivity index (χ2v) is 1.99. The standard InChI is InChI=1S/C6H8N4O/c1-5-9-6(10-11-5)4-8-3-2-7/h8H,3-4H2,1H3. The summed E-state index contributed by atoms with van der Waals surface area (Å²) >= 11 is 0. The van der Waals surface area contributed by atoms with Gasteiger partial charge >= 0.3 is 0 Å². The summed E-state index contributed by atoms with van der Waals surface area (Å²) < 4.78 is 4.71. The maximum absolute atomic E-state index is 8.17. The Bertz CT molecular complexity index is 262. The molecule has 0 saturated carbocycles. The maximum atomic E-state index is 8.17. The van der Waals surface area contributed by atoms with Crippen LogP contribution in [0.15, 0.2) is 4.52 Å². The van der Waals surface area contributed by atoms with Gasteiger partial charge in [0, 0.05) is 6.92 Å². The zero-order valence-electron chi connectivity index (χ0n) is 6.16. The van der Waals surface area contributed by atoms with Crippen molar-refractivity contribution in [3.63, 3.8) is 0 Å². The molecule has 0 atom stereocenters. The molecule has 11 heavy (non-hydrogen) atoms. The van der Waals surface area contributed by atoms with Gasteiger partial charge in [-0.05, 0) is 0 Å². The van der Waals surface area contributed by atoms with Gasteiger partial charge in [-0.1, -0.05) is 5.16 Å². The molecule has 1 N–H and O–H groups in total. The van der Waals surface area contributed by atoms with Crippen molar-refractivity contribution in [2.45, 2.75) is 13.5 Å². The predicted molar refractivity (Wildman–Crippen MR) is 36.4 cm³/mol. The zero-order chi connectivity index (χ0) is 8.10. The number of nitrogens with zero attached hydrogens (tertiary/aromatic N) is 3. The minimum absolute atomic E-state index is 0.299. The molecule has 1 heterocycles. The molecule has 58 valence electrons. The van der Waals surface area contributed by atoms with E-state index in [0.29, 0.717) is 24.8 Å². The third-order valence-electron chi connectivity index (χ3n) is 1.06. The van der Waals surface area contributed by atoms with Crippen molar-refractivity contribution in [2.24, 2.45) is 0 Å². The molecule has 0 spiro atoms. The number of nitrogens with one attached hydrogen (secondary N) is 1. The monoisotopic (exact) mass is 152 g/mol. The van der Waals surface area contributed by atoms with E-state index in [2.05, 4.69) is 15.5 Å². The third-order valence-corrected chi connectivity index (χ3v) is 1.06. The Labute approximate surface area is 64.0 Å². The Morgan fingerprint density at radius 1 is 1.73 bits per heavy atom. The number of aryl methyl sites for hydroxylation is 1. The fraction of sp³-hybridized carbons (Fsp3) is 0.500. The first-order valence-electron chi connectivity index (χ1n) is 3.20. The van der Waals surface area contributed by atoms with E-state index in [1.165, 1.54) is 0 Å². The smallest absolute Gasteiger partial charge is 0.223 e. The van der Waals surface area contributed by atoms with Crippen LogP contribution in [-0.4, -0.2) is 16.7 Å². The highest BCUT2D eigenvalue weighted by atomic mass is 16.5. The number of hydrogen-bond acceptors (Lipinski definition) is 5. The van der Waals surface area contributed by atoms with Gasteiger partial charge in [0.05, 0.1) is 19.2 Å². The molecule has 0 aliphatic carbocycles. The van der Waals surface area contributed by atoms with E-state index in [0.717, 1.165) is 0 Å². The lowest BCUT2D eigenvalue weighted by molar-refractivity contribution is 0.386. The molecule has 0 bridgehead atoms. The number of aromatic nitrogens is 2. The Hall–Kier alpha value is -1.41. The first-order valence-corrected chi connectivity index (χ1v) is 3.20. The van der Waals surface area contributed by atoms with Crippen molar-refractivity contribution >= 4 is 0 Å². The van der Waals surface area contributed by atoms with E-state index in [-0.39, 0.29) is 0 Å². The SMILES string of the molecule is Cc1nc(CNCC#N)no1. The lowest BCUT2D eigenvalue weighted by Gasteiger charge is -1.90. The summed E-state index contributed by atoms with van der Waals surface area (Å²) in [7, 11) is 0. The molecule has 1 aromatic rings. The Morgan fingerprint density at radius 3 is 3.09 bits per heavy atom. The predicted octanol–water partition coefficient (Wildman–Crippen LogP) is -0.00880. The van der Waals surface area contributed by atoms with Crippen LogP contribution >= 0.6 is 0 Å². The van der Waals surface area contributed by atoms with Gasteiger partial charge in [-0.3, -0.25) is 5.32 Å². The molecule has 1 aromatic heterocycles. The van der Waals surface area contributed by atoms with Gasteiger partial charge < -0.3 is 4.52 Å². The molecule has 5 heteroatoms. The summed E-state index contributed by atoms with van der Waals surface area (Å²) in [5.74, 6) is 1.12. The number of nitriles is 1. The second-order valence-electron chi connectivity index (χ2n) is 1.99. The Kier molecular flexibility index (Phi) is 2.58. The van der Waals surface area contributed by atoms with E-state index in [1.807, 2.05) is 6.07 Å². The maximum Gasteiger partial charge on any atom is 0.223 e. The molecule has 1 rings (SSSR count). The van der Waals surface area contributed by atoms with Gasteiger partial charge in [-0.15, -0.1) is 0 Å². The van der Waals surface area contributed by atoms with Crippen molar-refractivity contribution < 1.29 is 4.52 Å². The average Bonchev–Trinajstić information content (AvgIpc) is 2.37. The minimum atomic E-state index is 0.299. The van der Waals surface area contributed by atoms with E-state index in [1.54, 1.807) is 6.92 Å². The minimum Gasteiger partial charge on any atom is -0.340 e. The molecule has 0 aliphatic heterocycles. The Morgan fingerprint density at radius 2 is 2.55 bits per heavy atom. The van der Waals surface area contributed by atoms with E-state index in [9.17, 15) is 0 Å². The van der Waals surface area contributed by atoms with Crippen LogP contribution < -0.4 is 5.32 Å². The van der Waals surface area contributed by atoms with Crippen molar-refractivity contribution in [1.29, 1.82) is 5.26 Å². The average molecular weight is 152 g/mol. The van der Waals surface area contributed by atoms with E-state index in [4.69, 9.17) is 9.78 Å². The summed E-state index contributed by atoms with van der Waals surface area (Å²) in [6, 6.07) is 1.95. The largest absolute Gasteiger partial charge is 0.340 e. The lowest BCUT2D eigenvalue weighted by atomic mass is 10.5. The summed E-state index contributed by atoms with van der Waals surface area (Å²) in [6.07, 6.45) is 0. The fourth-order valence-corrected chi connectivity index (χ4v) is 0.643. The van der Waals surface area contributed by atoms with Crippen LogP contribution in [-0.2, 0) is 6.54 Å². The molecule has 0 fully saturated rings. The highest BCUT2D eigenvalue weighted by Crippen LogP contribution is 1.92. The first-order chi connectivity index (χ1) is 5.33.